The van der Waals surface area contributed by atoms with Gasteiger partial charge in [0, 0.05) is 29.1 Å². The smallest absolute Gasteiger partial charge is 0.340 e. The molecule has 1 aliphatic heterocycles. The molecule has 1 aliphatic rings. The molecule has 0 radical (unpaired) electrons. The zero-order chi connectivity index (χ0) is 23.7. The topological polar surface area (TPSA) is 54.7 Å². The molecular formula is C25H29BrCl2N2O3S. The monoisotopic (exact) mass is 586 g/mol. The molecule has 0 saturated carbocycles. The number of aromatic nitrogens is 1. The van der Waals surface area contributed by atoms with Crippen molar-refractivity contribution in [2.24, 2.45) is 0 Å². The molecule has 3 aromatic rings. The molecule has 1 unspecified atom stereocenters. The van der Waals surface area contributed by atoms with Gasteiger partial charge >= 0.3 is 5.97 Å². The molecule has 1 saturated heterocycles. The van der Waals surface area contributed by atoms with Gasteiger partial charge in [0.1, 0.15) is 5.75 Å². The van der Waals surface area contributed by atoms with E-state index in [1.807, 2.05) is 37.3 Å². The maximum Gasteiger partial charge on any atom is 0.340 e. The molecular weight excluding hydrogens is 559 g/mol. The number of esters is 1. The zero-order valence-corrected chi connectivity index (χ0v) is 23.2. The van der Waals surface area contributed by atoms with Gasteiger partial charge in [0.15, 0.2) is 0 Å². The van der Waals surface area contributed by atoms with E-state index in [9.17, 15) is 9.90 Å². The second-order valence-corrected chi connectivity index (χ2v) is 10.1. The lowest BCUT2D eigenvalue weighted by Gasteiger charge is -2.18. The number of thiol groups is 1. The molecule has 0 aliphatic carbocycles. The zero-order valence-electron chi connectivity index (χ0n) is 19.2. The number of benzene rings is 2. The summed E-state index contributed by atoms with van der Waals surface area (Å²) in [4.78, 5) is 15.7. The second kappa shape index (κ2) is 11.6. The first-order chi connectivity index (χ1) is 15.9. The van der Waals surface area contributed by atoms with Crippen LogP contribution in [0.3, 0.4) is 0 Å². The lowest BCUT2D eigenvalue weighted by Crippen LogP contribution is -2.19. The minimum atomic E-state index is -0.407. The van der Waals surface area contributed by atoms with Crippen molar-refractivity contribution in [3.63, 3.8) is 0 Å². The van der Waals surface area contributed by atoms with E-state index < -0.39 is 11.2 Å². The molecule has 34 heavy (non-hydrogen) atoms. The fourth-order valence-corrected chi connectivity index (χ4v) is 5.83. The summed E-state index contributed by atoms with van der Waals surface area (Å²) in [5.74, 6) is -0.242. The molecule has 0 spiro atoms. The van der Waals surface area contributed by atoms with Gasteiger partial charge in [-0.3, -0.25) is 4.90 Å². The Morgan fingerprint density at radius 1 is 1.26 bits per heavy atom. The van der Waals surface area contributed by atoms with Gasteiger partial charge in [-0.1, -0.05) is 23.7 Å². The summed E-state index contributed by atoms with van der Waals surface area (Å²) in [7, 11) is 0. The molecule has 2 heterocycles. The third kappa shape index (κ3) is 5.09. The van der Waals surface area contributed by atoms with Crippen LogP contribution in [0.5, 0.6) is 5.75 Å². The van der Waals surface area contributed by atoms with Gasteiger partial charge in [0.25, 0.3) is 0 Å². The number of rotatable bonds is 7. The van der Waals surface area contributed by atoms with Crippen molar-refractivity contribution in [3.05, 3.63) is 62.2 Å². The van der Waals surface area contributed by atoms with E-state index in [2.05, 4.69) is 25.4 Å². The predicted molar refractivity (Wildman–Crippen MR) is 147 cm³/mol. The number of likely N-dealkylation sites (tertiary alicyclic amines) is 1. The van der Waals surface area contributed by atoms with Gasteiger partial charge < -0.3 is 14.4 Å². The molecule has 0 bridgehead atoms. The van der Waals surface area contributed by atoms with Gasteiger partial charge in [-0.2, -0.15) is 12.6 Å². The fourth-order valence-electron chi connectivity index (χ4n) is 4.75. The molecule has 1 N–H and O–H groups in total. The molecule has 1 aromatic heterocycles. The SMILES string of the molecule is CCOC(=O)c1c(C(S)c2cccc(Cl)c2)n(CC)c2cc(Br)c(O)c(CN3CCCC3)c12.Cl. The highest BCUT2D eigenvalue weighted by Gasteiger charge is 2.32. The number of hydrogen-bond acceptors (Lipinski definition) is 5. The van der Waals surface area contributed by atoms with Gasteiger partial charge in [0.05, 0.1) is 33.1 Å². The molecule has 9 heteroatoms. The van der Waals surface area contributed by atoms with Crippen LogP contribution in [0.2, 0.25) is 5.02 Å². The van der Waals surface area contributed by atoms with Gasteiger partial charge in [-0.05, 0) is 79.5 Å². The summed E-state index contributed by atoms with van der Waals surface area (Å²) in [6.07, 6.45) is 2.27. The molecule has 184 valence electrons. The second-order valence-electron chi connectivity index (χ2n) is 8.25. The molecule has 5 nitrogen and oxygen atoms in total. The highest BCUT2D eigenvalue weighted by molar-refractivity contribution is 9.10. The van der Waals surface area contributed by atoms with E-state index in [1.165, 1.54) is 0 Å². The van der Waals surface area contributed by atoms with E-state index in [-0.39, 0.29) is 24.8 Å². The van der Waals surface area contributed by atoms with Crippen molar-refractivity contribution < 1.29 is 14.6 Å². The van der Waals surface area contributed by atoms with Gasteiger partial charge in [-0.25, -0.2) is 4.79 Å². The molecule has 4 rings (SSSR count). The van der Waals surface area contributed by atoms with Crippen molar-refractivity contribution >= 4 is 69.4 Å². The van der Waals surface area contributed by atoms with Crippen LogP contribution in [-0.4, -0.2) is 40.2 Å². The van der Waals surface area contributed by atoms with E-state index in [0.717, 1.165) is 53.7 Å². The summed E-state index contributed by atoms with van der Waals surface area (Å²) in [6.45, 7) is 7.24. The number of phenolic OH excluding ortho intramolecular Hbond substituents is 1. The first-order valence-electron chi connectivity index (χ1n) is 11.3. The Hall–Kier alpha value is -1.38. The van der Waals surface area contributed by atoms with E-state index in [4.69, 9.17) is 29.0 Å². The number of nitrogens with zero attached hydrogens (tertiary/aromatic N) is 2. The predicted octanol–water partition coefficient (Wildman–Crippen LogP) is 7.00. The van der Waals surface area contributed by atoms with E-state index in [0.29, 0.717) is 28.1 Å². The van der Waals surface area contributed by atoms with E-state index in [1.54, 1.807) is 6.92 Å². The quantitative estimate of drug-likeness (QED) is 0.231. The van der Waals surface area contributed by atoms with Crippen molar-refractivity contribution in [1.29, 1.82) is 0 Å². The lowest BCUT2D eigenvalue weighted by atomic mass is 10.00. The van der Waals surface area contributed by atoms with Gasteiger partial charge in [0.2, 0.25) is 0 Å². The Morgan fingerprint density at radius 2 is 1.97 bits per heavy atom. The lowest BCUT2D eigenvalue weighted by molar-refractivity contribution is 0.0527. The number of carbonyl (C=O) groups excluding carboxylic acids is 1. The number of fused-ring (bicyclic) bond motifs is 1. The Bertz CT molecular complexity index is 1190. The standard InChI is InChI=1S/C25H28BrClN2O3S.ClH/c1-3-29-19-13-18(26)23(30)17(14-28-10-5-6-11-28)20(19)21(25(31)32-4-2)22(29)24(33)15-8-7-9-16(27)12-15;/h7-9,12-13,24,30,33H,3-6,10-11,14H2,1-2H3;1H. The summed E-state index contributed by atoms with van der Waals surface area (Å²) in [6, 6.07) is 9.40. The normalized spacial score (nSPS) is 14.9. The number of ether oxygens (including phenoxy) is 1. The first kappa shape index (κ1) is 27.2. The number of phenols is 1. The minimum absolute atomic E-state index is 0. The third-order valence-corrected chi connectivity index (χ3v) is 7.60. The van der Waals surface area contributed by atoms with Crippen molar-refractivity contribution in [3.8, 4) is 5.75 Å². The van der Waals surface area contributed by atoms with Gasteiger partial charge in [-0.15, -0.1) is 12.4 Å². The Balaban J connectivity index is 0.00000324. The summed E-state index contributed by atoms with van der Waals surface area (Å²) in [5, 5.41) is 12.0. The van der Waals surface area contributed by atoms with Crippen LogP contribution in [0.1, 0.15) is 59.1 Å². The van der Waals surface area contributed by atoms with Crippen molar-refractivity contribution in [1.82, 2.24) is 9.47 Å². The fraction of sp³-hybridized carbons (Fsp3) is 0.400. The molecule has 1 fully saturated rings. The Morgan fingerprint density at radius 3 is 2.59 bits per heavy atom. The van der Waals surface area contributed by atoms with Crippen LogP contribution in [0, 0.1) is 0 Å². The largest absolute Gasteiger partial charge is 0.506 e. The molecule has 2 aromatic carbocycles. The number of carbonyl (C=O) groups is 1. The summed E-state index contributed by atoms with van der Waals surface area (Å²) >= 11 is 14.8. The Labute approximate surface area is 225 Å². The highest BCUT2D eigenvalue weighted by atomic mass is 79.9. The number of halogens is 3. The maximum absolute atomic E-state index is 13.4. The summed E-state index contributed by atoms with van der Waals surface area (Å²) in [5.41, 5.74) is 3.71. The average molecular weight is 588 g/mol. The molecule has 1 atom stereocenters. The van der Waals surface area contributed by atoms with Crippen molar-refractivity contribution in [2.75, 3.05) is 19.7 Å². The Kier molecular flexibility index (Phi) is 9.26. The van der Waals surface area contributed by atoms with Crippen LogP contribution < -0.4 is 0 Å². The van der Waals surface area contributed by atoms with E-state index >= 15 is 0 Å². The minimum Gasteiger partial charge on any atom is -0.506 e. The third-order valence-electron chi connectivity index (χ3n) is 6.22. The first-order valence-corrected chi connectivity index (χ1v) is 13.0. The number of hydrogen-bond donors (Lipinski definition) is 2. The molecule has 0 amide bonds. The maximum atomic E-state index is 13.4. The summed E-state index contributed by atoms with van der Waals surface area (Å²) < 4.78 is 8.22. The number of aromatic hydroxyl groups is 1. The van der Waals surface area contributed by atoms with Crippen molar-refractivity contribution in [2.45, 2.75) is 45.0 Å². The van der Waals surface area contributed by atoms with Crippen LogP contribution in [0.15, 0.2) is 34.8 Å². The number of aryl methyl sites for hydroxylation is 1. The average Bonchev–Trinajstić information content (AvgIpc) is 3.42. The van der Waals surface area contributed by atoms with Crippen LogP contribution in [0.25, 0.3) is 10.9 Å². The van der Waals surface area contributed by atoms with Crippen LogP contribution in [0.4, 0.5) is 0 Å². The van der Waals surface area contributed by atoms with Crippen LogP contribution in [-0.2, 0) is 17.8 Å². The van der Waals surface area contributed by atoms with Crippen LogP contribution >= 0.6 is 52.6 Å². The highest BCUT2D eigenvalue weighted by Crippen LogP contribution is 2.44.